The molecule has 0 N–H and O–H groups in total. The molecule has 14 heteroatoms. The van der Waals surface area contributed by atoms with Crippen molar-refractivity contribution >= 4 is 17.9 Å². The molecule has 8 nitrogen and oxygen atoms in total. The summed E-state index contributed by atoms with van der Waals surface area (Å²) < 4.78 is 103. The highest BCUT2D eigenvalue weighted by Crippen LogP contribution is 2.47. The number of hydrogen-bond donors (Lipinski definition) is 0. The fraction of sp³-hybridized carbons (Fsp3) is 0.517. The number of alkyl halides is 6. The van der Waals surface area contributed by atoms with Crippen molar-refractivity contribution in [3.63, 3.8) is 0 Å². The molecule has 1 aliphatic rings. The maximum Gasteiger partial charge on any atom is 0.416 e. The molecule has 1 aliphatic heterocycles. The van der Waals surface area contributed by atoms with Crippen LogP contribution in [0.5, 0.6) is 11.5 Å². The normalized spacial score (nSPS) is 17.2. The van der Waals surface area contributed by atoms with Crippen LogP contribution < -0.4 is 14.4 Å². The molecular formula is C29H34F6N2O6. The average Bonchev–Trinajstić information content (AvgIpc) is 2.88. The van der Waals surface area contributed by atoms with Gasteiger partial charge in [-0.15, -0.1) is 0 Å². The standard InChI is InChI=1S/C29H34F6N2O6/c1-8-42-26(39)37-16(2)9-21(20-13-23(40-6)24(41-7)14-22(20)37)36(25(38)43-27(3,4)5)15-17-10-18(28(30,31)32)12-19(11-17)29(33,34)35/h10-14,16,21H,8-9,15H2,1-7H3. The Balaban J connectivity index is 2.26. The first-order valence-corrected chi connectivity index (χ1v) is 13.3. The summed E-state index contributed by atoms with van der Waals surface area (Å²) in [6.07, 6.45) is -11.8. The SMILES string of the molecule is CCOC(=O)N1c2cc(OC)c(OC)cc2C(N(Cc2cc(C(F)(F)F)cc(C(F)(F)F)c2)C(=O)OC(C)(C)C)CC1C. The van der Waals surface area contributed by atoms with Gasteiger partial charge in [0.05, 0.1) is 43.7 Å². The lowest BCUT2D eigenvalue weighted by molar-refractivity contribution is -0.143. The van der Waals surface area contributed by atoms with Gasteiger partial charge in [0.15, 0.2) is 11.5 Å². The molecule has 43 heavy (non-hydrogen) atoms. The monoisotopic (exact) mass is 620 g/mol. The number of fused-ring (bicyclic) bond motifs is 1. The third kappa shape index (κ3) is 7.77. The maximum absolute atomic E-state index is 13.6. The first-order chi connectivity index (χ1) is 19.8. The molecule has 0 aromatic heterocycles. The smallest absolute Gasteiger partial charge is 0.416 e. The minimum Gasteiger partial charge on any atom is -0.493 e. The molecule has 2 atom stereocenters. The van der Waals surface area contributed by atoms with Crippen LogP contribution in [0.3, 0.4) is 0 Å². The van der Waals surface area contributed by atoms with Crippen molar-refractivity contribution in [3.05, 3.63) is 52.6 Å². The van der Waals surface area contributed by atoms with E-state index in [0.717, 1.165) is 4.90 Å². The van der Waals surface area contributed by atoms with Crippen molar-refractivity contribution in [2.75, 3.05) is 25.7 Å². The first kappa shape index (κ1) is 33.7. The average molecular weight is 621 g/mol. The lowest BCUT2D eigenvalue weighted by atomic mass is 9.90. The highest BCUT2D eigenvalue weighted by atomic mass is 19.4. The van der Waals surface area contributed by atoms with Crippen LogP contribution in [0.25, 0.3) is 0 Å². The van der Waals surface area contributed by atoms with Crippen molar-refractivity contribution in [1.82, 2.24) is 4.90 Å². The number of benzene rings is 2. The minimum absolute atomic E-state index is 0.0215. The molecule has 0 spiro atoms. The Labute approximate surface area is 245 Å². The van der Waals surface area contributed by atoms with Gasteiger partial charge < -0.3 is 18.9 Å². The third-order valence-electron chi connectivity index (χ3n) is 6.63. The van der Waals surface area contributed by atoms with E-state index in [1.165, 1.54) is 31.3 Å². The Morgan fingerprint density at radius 1 is 0.907 bits per heavy atom. The molecule has 0 saturated heterocycles. The number of carbonyl (C=O) groups excluding carboxylic acids is 2. The molecule has 2 amide bonds. The number of amides is 2. The predicted octanol–water partition coefficient (Wildman–Crippen LogP) is 7.97. The van der Waals surface area contributed by atoms with Gasteiger partial charge >= 0.3 is 24.5 Å². The lowest BCUT2D eigenvalue weighted by Crippen LogP contribution is -2.48. The van der Waals surface area contributed by atoms with E-state index in [9.17, 15) is 35.9 Å². The Morgan fingerprint density at radius 2 is 1.44 bits per heavy atom. The zero-order valence-electron chi connectivity index (χ0n) is 24.8. The van der Waals surface area contributed by atoms with Crippen LogP contribution in [0.2, 0.25) is 0 Å². The van der Waals surface area contributed by atoms with Gasteiger partial charge in [-0.25, -0.2) is 9.59 Å². The quantitative estimate of drug-likeness (QED) is 0.305. The number of ether oxygens (including phenoxy) is 4. The van der Waals surface area contributed by atoms with Crippen LogP contribution in [0.1, 0.15) is 69.3 Å². The molecule has 2 aromatic rings. The van der Waals surface area contributed by atoms with Crippen molar-refractivity contribution < 1.29 is 54.9 Å². The summed E-state index contributed by atoms with van der Waals surface area (Å²) in [6, 6.07) is 2.54. The van der Waals surface area contributed by atoms with E-state index in [-0.39, 0.29) is 36.3 Å². The number of rotatable bonds is 6. The molecule has 0 bridgehead atoms. The van der Waals surface area contributed by atoms with E-state index >= 15 is 0 Å². The molecule has 2 aromatic carbocycles. The molecule has 0 aliphatic carbocycles. The fourth-order valence-corrected chi connectivity index (χ4v) is 4.85. The Morgan fingerprint density at radius 3 is 1.91 bits per heavy atom. The second kappa shape index (κ2) is 12.4. The molecule has 1 heterocycles. The number of nitrogens with zero attached hydrogens (tertiary/aromatic N) is 2. The van der Waals surface area contributed by atoms with E-state index < -0.39 is 65.5 Å². The summed E-state index contributed by atoms with van der Waals surface area (Å²) in [5.41, 5.74) is -3.93. The van der Waals surface area contributed by atoms with Gasteiger partial charge in [-0.2, -0.15) is 26.3 Å². The Kier molecular flexibility index (Phi) is 9.71. The largest absolute Gasteiger partial charge is 0.493 e. The molecular weight excluding hydrogens is 586 g/mol. The van der Waals surface area contributed by atoms with Crippen LogP contribution in [0.15, 0.2) is 30.3 Å². The molecule has 0 radical (unpaired) electrons. The van der Waals surface area contributed by atoms with Gasteiger partial charge in [-0.1, -0.05) is 0 Å². The summed E-state index contributed by atoms with van der Waals surface area (Å²) in [5, 5.41) is 0. The lowest BCUT2D eigenvalue weighted by Gasteiger charge is -2.43. The van der Waals surface area contributed by atoms with Crippen LogP contribution in [-0.2, 0) is 28.4 Å². The Hall–Kier alpha value is -3.84. The summed E-state index contributed by atoms with van der Waals surface area (Å²) in [4.78, 5) is 29.0. The summed E-state index contributed by atoms with van der Waals surface area (Å²) in [6.45, 7) is 7.40. The van der Waals surface area contributed by atoms with Crippen LogP contribution in [0.4, 0.5) is 41.6 Å². The van der Waals surface area contributed by atoms with Gasteiger partial charge in [-0.05, 0) is 70.9 Å². The van der Waals surface area contributed by atoms with Gasteiger partial charge in [0.1, 0.15) is 5.60 Å². The number of hydrogen-bond acceptors (Lipinski definition) is 6. The number of halogens is 6. The Bertz CT molecular complexity index is 1310. The number of anilines is 1. The van der Waals surface area contributed by atoms with Crippen molar-refractivity contribution in [2.45, 2.75) is 77.6 Å². The van der Waals surface area contributed by atoms with E-state index in [4.69, 9.17) is 18.9 Å². The zero-order chi connectivity index (χ0) is 32.5. The van der Waals surface area contributed by atoms with Crippen molar-refractivity contribution in [1.29, 1.82) is 0 Å². The second-order valence-electron chi connectivity index (χ2n) is 11.0. The highest BCUT2D eigenvalue weighted by Gasteiger charge is 2.42. The molecule has 238 valence electrons. The van der Waals surface area contributed by atoms with E-state index in [1.54, 1.807) is 34.6 Å². The van der Waals surface area contributed by atoms with Gasteiger partial charge in [0, 0.05) is 24.2 Å². The van der Waals surface area contributed by atoms with E-state index in [1.807, 2.05) is 0 Å². The van der Waals surface area contributed by atoms with Gasteiger partial charge in [0.25, 0.3) is 0 Å². The van der Waals surface area contributed by atoms with Crippen LogP contribution in [0, 0.1) is 0 Å². The summed E-state index contributed by atoms with van der Waals surface area (Å²) in [5.74, 6) is 0.451. The zero-order valence-corrected chi connectivity index (χ0v) is 24.8. The van der Waals surface area contributed by atoms with Crippen LogP contribution in [-0.4, -0.2) is 49.6 Å². The maximum atomic E-state index is 13.6. The highest BCUT2D eigenvalue weighted by molar-refractivity contribution is 5.91. The van der Waals surface area contributed by atoms with E-state index in [0.29, 0.717) is 17.7 Å². The van der Waals surface area contributed by atoms with Crippen molar-refractivity contribution in [3.8, 4) is 11.5 Å². The molecule has 0 saturated carbocycles. The number of methoxy groups -OCH3 is 2. The second-order valence-corrected chi connectivity index (χ2v) is 11.0. The summed E-state index contributed by atoms with van der Waals surface area (Å²) >= 11 is 0. The van der Waals surface area contributed by atoms with Crippen molar-refractivity contribution in [2.24, 2.45) is 0 Å². The topological polar surface area (TPSA) is 77.5 Å². The summed E-state index contributed by atoms with van der Waals surface area (Å²) in [7, 11) is 2.74. The van der Waals surface area contributed by atoms with Gasteiger partial charge in [-0.3, -0.25) is 9.80 Å². The molecule has 2 unspecified atom stereocenters. The first-order valence-electron chi connectivity index (χ1n) is 13.3. The predicted molar refractivity (Wildman–Crippen MR) is 144 cm³/mol. The van der Waals surface area contributed by atoms with Crippen LogP contribution >= 0.6 is 0 Å². The van der Waals surface area contributed by atoms with Gasteiger partial charge in [0.2, 0.25) is 0 Å². The van der Waals surface area contributed by atoms with E-state index in [2.05, 4.69) is 0 Å². The fourth-order valence-electron chi connectivity index (χ4n) is 4.85. The molecule has 3 rings (SSSR count). The third-order valence-corrected chi connectivity index (χ3v) is 6.63. The molecule has 0 fully saturated rings. The number of carbonyl (C=O) groups is 2. The minimum atomic E-state index is -5.08.